The van der Waals surface area contributed by atoms with Crippen LogP contribution in [0, 0.1) is 0 Å². The SMILES string of the molecule is O=c1c(Cl)nc2ccccc2n1CCN1CCCCC1. The molecule has 3 rings (SSSR count). The molecule has 106 valence electrons. The number of hydrogen-bond acceptors (Lipinski definition) is 3. The van der Waals surface area contributed by atoms with Crippen LogP contribution in [0.4, 0.5) is 0 Å². The zero-order valence-corrected chi connectivity index (χ0v) is 12.1. The van der Waals surface area contributed by atoms with Crippen molar-refractivity contribution in [1.82, 2.24) is 14.5 Å². The molecular weight excluding hydrogens is 274 g/mol. The number of aromatic nitrogens is 2. The van der Waals surface area contributed by atoms with Crippen LogP contribution in [0.1, 0.15) is 19.3 Å². The minimum Gasteiger partial charge on any atom is -0.303 e. The average molecular weight is 292 g/mol. The fourth-order valence-corrected chi connectivity index (χ4v) is 3.00. The van der Waals surface area contributed by atoms with Crippen LogP contribution >= 0.6 is 11.6 Å². The molecule has 0 unspecified atom stereocenters. The van der Waals surface area contributed by atoms with Crippen molar-refractivity contribution in [3.63, 3.8) is 0 Å². The summed E-state index contributed by atoms with van der Waals surface area (Å²) in [5, 5.41) is 0.0577. The van der Waals surface area contributed by atoms with Crippen LogP contribution < -0.4 is 5.56 Å². The molecule has 5 heteroatoms. The molecule has 0 amide bonds. The van der Waals surface area contributed by atoms with Crippen LogP contribution in [0.15, 0.2) is 29.1 Å². The minimum atomic E-state index is -0.192. The Balaban J connectivity index is 1.89. The second kappa shape index (κ2) is 5.94. The summed E-state index contributed by atoms with van der Waals surface area (Å²) >= 11 is 5.96. The first-order valence-corrected chi connectivity index (χ1v) is 7.51. The smallest absolute Gasteiger partial charge is 0.288 e. The summed E-state index contributed by atoms with van der Waals surface area (Å²) in [4.78, 5) is 18.8. The fraction of sp³-hybridized carbons (Fsp3) is 0.467. The van der Waals surface area contributed by atoms with E-state index in [9.17, 15) is 4.79 Å². The summed E-state index contributed by atoms with van der Waals surface area (Å²) in [6.45, 7) is 3.82. The highest BCUT2D eigenvalue weighted by Crippen LogP contribution is 2.13. The third-order valence-corrected chi connectivity index (χ3v) is 4.15. The molecule has 2 heterocycles. The topological polar surface area (TPSA) is 38.1 Å². The number of rotatable bonds is 3. The highest BCUT2D eigenvalue weighted by atomic mass is 35.5. The molecule has 0 spiro atoms. The lowest BCUT2D eigenvalue weighted by Crippen LogP contribution is -2.35. The minimum absolute atomic E-state index is 0.0577. The van der Waals surface area contributed by atoms with E-state index in [1.54, 1.807) is 4.57 Å². The Morgan fingerprint density at radius 3 is 2.65 bits per heavy atom. The van der Waals surface area contributed by atoms with Crippen LogP contribution in [0.25, 0.3) is 11.0 Å². The summed E-state index contributed by atoms with van der Waals surface area (Å²) in [5.41, 5.74) is 1.44. The second-order valence-corrected chi connectivity index (χ2v) is 5.61. The fourth-order valence-electron chi connectivity index (χ4n) is 2.81. The van der Waals surface area contributed by atoms with Gasteiger partial charge in [-0.05, 0) is 38.1 Å². The molecule has 0 bridgehead atoms. The summed E-state index contributed by atoms with van der Waals surface area (Å²) < 4.78 is 1.75. The number of likely N-dealkylation sites (tertiary alicyclic amines) is 1. The van der Waals surface area contributed by atoms with E-state index in [1.807, 2.05) is 24.3 Å². The predicted molar refractivity (Wildman–Crippen MR) is 81.3 cm³/mol. The molecule has 1 aromatic heterocycles. The van der Waals surface area contributed by atoms with Crippen molar-refractivity contribution in [2.45, 2.75) is 25.8 Å². The zero-order chi connectivity index (χ0) is 13.9. The van der Waals surface area contributed by atoms with Gasteiger partial charge >= 0.3 is 0 Å². The first-order chi connectivity index (χ1) is 9.75. The first-order valence-electron chi connectivity index (χ1n) is 7.13. The van der Waals surface area contributed by atoms with Gasteiger partial charge in [0.05, 0.1) is 11.0 Å². The Morgan fingerprint density at radius 1 is 1.10 bits per heavy atom. The molecule has 1 aliphatic heterocycles. The number of fused-ring (bicyclic) bond motifs is 1. The van der Waals surface area contributed by atoms with Crippen molar-refractivity contribution in [3.05, 3.63) is 39.8 Å². The van der Waals surface area contributed by atoms with Gasteiger partial charge in [0, 0.05) is 13.1 Å². The number of para-hydroxylation sites is 2. The van der Waals surface area contributed by atoms with E-state index in [4.69, 9.17) is 11.6 Å². The number of halogens is 1. The van der Waals surface area contributed by atoms with Gasteiger partial charge in [-0.2, -0.15) is 0 Å². The van der Waals surface area contributed by atoms with Gasteiger partial charge in [0.1, 0.15) is 0 Å². The Hall–Kier alpha value is -1.39. The molecule has 1 fully saturated rings. The molecule has 0 radical (unpaired) electrons. The Morgan fingerprint density at radius 2 is 1.85 bits per heavy atom. The summed E-state index contributed by atoms with van der Waals surface area (Å²) in [5.74, 6) is 0. The van der Waals surface area contributed by atoms with E-state index >= 15 is 0 Å². The zero-order valence-electron chi connectivity index (χ0n) is 11.4. The maximum Gasteiger partial charge on any atom is 0.288 e. The number of benzene rings is 1. The average Bonchev–Trinajstić information content (AvgIpc) is 2.49. The highest BCUT2D eigenvalue weighted by molar-refractivity contribution is 6.29. The Bertz CT molecular complexity index is 662. The quantitative estimate of drug-likeness (QED) is 0.872. The molecule has 1 aromatic carbocycles. The van der Waals surface area contributed by atoms with E-state index in [1.165, 1.54) is 19.3 Å². The van der Waals surface area contributed by atoms with Crippen molar-refractivity contribution in [1.29, 1.82) is 0 Å². The molecular formula is C15H18ClN3O. The maximum atomic E-state index is 12.2. The second-order valence-electron chi connectivity index (χ2n) is 5.25. The van der Waals surface area contributed by atoms with Crippen molar-refractivity contribution >= 4 is 22.6 Å². The van der Waals surface area contributed by atoms with Crippen molar-refractivity contribution < 1.29 is 0 Å². The third-order valence-electron chi connectivity index (χ3n) is 3.90. The Labute approximate surface area is 123 Å². The van der Waals surface area contributed by atoms with Gasteiger partial charge in [0.15, 0.2) is 5.15 Å². The summed E-state index contributed by atoms with van der Waals surface area (Å²) in [6.07, 6.45) is 3.83. The number of hydrogen-bond donors (Lipinski definition) is 0. The van der Waals surface area contributed by atoms with Crippen molar-refractivity contribution in [3.8, 4) is 0 Å². The predicted octanol–water partition coefficient (Wildman–Crippen LogP) is 2.54. The maximum absolute atomic E-state index is 12.2. The van der Waals surface area contributed by atoms with Crippen LogP contribution in [0.2, 0.25) is 5.15 Å². The summed E-state index contributed by atoms with van der Waals surface area (Å²) in [7, 11) is 0. The van der Waals surface area contributed by atoms with Crippen LogP contribution in [0.5, 0.6) is 0 Å². The van der Waals surface area contributed by atoms with E-state index in [0.717, 1.165) is 30.7 Å². The number of piperidine rings is 1. The van der Waals surface area contributed by atoms with Gasteiger partial charge < -0.3 is 9.47 Å². The lowest BCUT2D eigenvalue weighted by atomic mass is 10.1. The first kappa shape index (κ1) is 13.6. The third kappa shape index (κ3) is 2.72. The van der Waals surface area contributed by atoms with Gasteiger partial charge in [-0.15, -0.1) is 0 Å². The van der Waals surface area contributed by atoms with Gasteiger partial charge in [-0.1, -0.05) is 30.2 Å². The van der Waals surface area contributed by atoms with Crippen molar-refractivity contribution in [2.24, 2.45) is 0 Å². The molecule has 2 aromatic rings. The van der Waals surface area contributed by atoms with Crippen LogP contribution in [0.3, 0.4) is 0 Å². The Kier molecular flexibility index (Phi) is 4.03. The monoisotopic (exact) mass is 291 g/mol. The molecule has 20 heavy (non-hydrogen) atoms. The van der Waals surface area contributed by atoms with Crippen LogP contribution in [-0.2, 0) is 6.54 Å². The molecule has 0 atom stereocenters. The van der Waals surface area contributed by atoms with E-state index in [0.29, 0.717) is 6.54 Å². The van der Waals surface area contributed by atoms with Crippen molar-refractivity contribution in [2.75, 3.05) is 19.6 Å². The lowest BCUT2D eigenvalue weighted by molar-refractivity contribution is 0.221. The molecule has 0 aliphatic carbocycles. The summed E-state index contributed by atoms with van der Waals surface area (Å²) in [6, 6.07) is 7.65. The molecule has 1 aliphatic rings. The number of nitrogens with zero attached hydrogens (tertiary/aromatic N) is 3. The largest absolute Gasteiger partial charge is 0.303 e. The molecule has 4 nitrogen and oxygen atoms in total. The lowest BCUT2D eigenvalue weighted by Gasteiger charge is -2.26. The molecule has 0 N–H and O–H groups in total. The van der Waals surface area contributed by atoms with Gasteiger partial charge in [0.2, 0.25) is 0 Å². The van der Waals surface area contributed by atoms with Gasteiger partial charge in [0.25, 0.3) is 5.56 Å². The molecule has 0 saturated carbocycles. The van der Waals surface area contributed by atoms with E-state index in [-0.39, 0.29) is 10.7 Å². The standard InChI is InChI=1S/C15H18ClN3O/c16-14-15(20)19(11-10-18-8-4-1-5-9-18)13-7-3-2-6-12(13)17-14/h2-3,6-7H,1,4-5,8-11H2. The van der Waals surface area contributed by atoms with Gasteiger partial charge in [-0.3, -0.25) is 4.79 Å². The van der Waals surface area contributed by atoms with E-state index < -0.39 is 0 Å². The van der Waals surface area contributed by atoms with Gasteiger partial charge in [-0.25, -0.2) is 4.98 Å². The van der Waals surface area contributed by atoms with E-state index in [2.05, 4.69) is 9.88 Å². The normalized spacial score (nSPS) is 16.6. The molecule has 1 saturated heterocycles. The highest BCUT2D eigenvalue weighted by Gasteiger charge is 2.13. The van der Waals surface area contributed by atoms with Crippen LogP contribution in [-0.4, -0.2) is 34.1 Å².